The Morgan fingerprint density at radius 1 is 1.12 bits per heavy atom. The Labute approximate surface area is 151 Å². The van der Waals surface area contributed by atoms with E-state index in [0.29, 0.717) is 16.8 Å². The Kier molecular flexibility index (Phi) is 4.76. The molecule has 0 atom stereocenters. The Morgan fingerprint density at radius 2 is 1.88 bits per heavy atom. The summed E-state index contributed by atoms with van der Waals surface area (Å²) < 4.78 is 1.02. The summed E-state index contributed by atoms with van der Waals surface area (Å²) in [7, 11) is 0. The molecule has 0 bridgehead atoms. The van der Waals surface area contributed by atoms with Crippen LogP contribution in [0.5, 0.6) is 0 Å². The number of benzene rings is 2. The number of carbonyl (C=O) groups is 2. The summed E-state index contributed by atoms with van der Waals surface area (Å²) in [4.78, 5) is 23.3. The molecular weight excluding hydrogens is 369 g/mol. The molecule has 1 heterocycles. The molecule has 4 nitrogen and oxygen atoms in total. The molecule has 0 saturated carbocycles. The zero-order chi connectivity index (χ0) is 17.3. The normalized spacial score (nSPS) is 10.8. The minimum absolute atomic E-state index is 0.234. The molecule has 3 rings (SSSR count). The van der Waals surface area contributed by atoms with Gasteiger partial charge in [0.05, 0.1) is 22.7 Å². The van der Waals surface area contributed by atoms with E-state index < -0.39 is 5.97 Å². The molecule has 2 N–H and O–H groups in total. The zero-order valence-corrected chi connectivity index (χ0v) is 14.5. The monoisotopic (exact) mass is 379 g/mol. The Morgan fingerprint density at radius 3 is 2.62 bits per heavy atom. The number of aliphatic carboxylic acids is 1. The smallest absolute Gasteiger partial charge is 0.307 e. The third kappa shape index (κ3) is 3.38. The molecule has 1 amide bonds. The van der Waals surface area contributed by atoms with Gasteiger partial charge in [0.15, 0.2) is 0 Å². The molecule has 0 aliphatic heterocycles. The maximum atomic E-state index is 12.5. The van der Waals surface area contributed by atoms with Crippen LogP contribution >= 0.6 is 34.5 Å². The van der Waals surface area contributed by atoms with Crippen molar-refractivity contribution in [2.75, 3.05) is 5.32 Å². The number of nitrogens with one attached hydrogen (secondary N) is 1. The molecule has 0 saturated heterocycles. The molecule has 0 aliphatic carbocycles. The maximum absolute atomic E-state index is 12.5. The number of hydrogen-bond donors (Lipinski definition) is 2. The van der Waals surface area contributed by atoms with Gasteiger partial charge in [0.25, 0.3) is 5.91 Å². The number of amides is 1. The van der Waals surface area contributed by atoms with Crippen LogP contribution in [0.25, 0.3) is 10.1 Å². The molecule has 0 aliphatic rings. The lowest BCUT2D eigenvalue weighted by atomic mass is 10.1. The van der Waals surface area contributed by atoms with Gasteiger partial charge in [-0.15, -0.1) is 11.3 Å². The van der Waals surface area contributed by atoms with Crippen LogP contribution in [0.1, 0.15) is 15.9 Å². The summed E-state index contributed by atoms with van der Waals surface area (Å²) in [6.45, 7) is 0. The predicted octanol–water partition coefficient (Wildman–Crippen LogP) is 5.09. The number of hydrogen-bond acceptors (Lipinski definition) is 3. The van der Waals surface area contributed by atoms with Crippen molar-refractivity contribution in [2.45, 2.75) is 6.42 Å². The summed E-state index contributed by atoms with van der Waals surface area (Å²) in [6.07, 6.45) is -0.234. The molecule has 7 heteroatoms. The molecule has 0 fully saturated rings. The number of carbonyl (C=O) groups excluding carboxylic acids is 1. The highest BCUT2D eigenvalue weighted by Crippen LogP contribution is 2.31. The second-order valence-electron chi connectivity index (χ2n) is 5.09. The molecule has 0 radical (unpaired) electrons. The summed E-state index contributed by atoms with van der Waals surface area (Å²) in [5.74, 6) is -1.30. The lowest BCUT2D eigenvalue weighted by molar-refractivity contribution is -0.136. The van der Waals surface area contributed by atoms with Crippen molar-refractivity contribution in [1.82, 2.24) is 0 Å². The van der Waals surface area contributed by atoms with E-state index in [1.165, 1.54) is 23.5 Å². The fraction of sp³-hybridized carbons (Fsp3) is 0.0588. The minimum atomic E-state index is -1.01. The van der Waals surface area contributed by atoms with Crippen LogP contribution in [-0.2, 0) is 11.2 Å². The average molecular weight is 380 g/mol. The highest BCUT2D eigenvalue weighted by atomic mass is 35.5. The number of thiophene rings is 1. The van der Waals surface area contributed by atoms with E-state index >= 15 is 0 Å². The summed E-state index contributed by atoms with van der Waals surface area (Å²) in [5.41, 5.74) is 1.29. The molecule has 24 heavy (non-hydrogen) atoms. The van der Waals surface area contributed by atoms with Gasteiger partial charge < -0.3 is 10.4 Å². The van der Waals surface area contributed by atoms with Gasteiger partial charge in [0.2, 0.25) is 0 Å². The Bertz CT molecular complexity index is 952. The number of carboxylic acids is 1. The average Bonchev–Trinajstić information content (AvgIpc) is 2.95. The van der Waals surface area contributed by atoms with Crippen molar-refractivity contribution in [3.8, 4) is 0 Å². The molecular formula is C17H11Cl2NO3S. The van der Waals surface area contributed by atoms with E-state index in [1.54, 1.807) is 5.38 Å². The number of carboxylic acid groups (broad SMARTS) is 1. The van der Waals surface area contributed by atoms with Crippen LogP contribution in [0, 0.1) is 0 Å². The minimum Gasteiger partial charge on any atom is -0.481 e. The van der Waals surface area contributed by atoms with Crippen molar-refractivity contribution < 1.29 is 14.7 Å². The topological polar surface area (TPSA) is 66.4 Å². The summed E-state index contributed by atoms with van der Waals surface area (Å²) in [5, 5.41) is 14.7. The molecule has 2 aromatic carbocycles. The van der Waals surface area contributed by atoms with E-state index in [-0.39, 0.29) is 22.4 Å². The lowest BCUT2D eigenvalue weighted by Gasteiger charge is -2.10. The van der Waals surface area contributed by atoms with E-state index in [9.17, 15) is 9.59 Å². The first-order valence-corrected chi connectivity index (χ1v) is 8.56. The van der Waals surface area contributed by atoms with Crippen molar-refractivity contribution >= 4 is 62.2 Å². The summed E-state index contributed by atoms with van der Waals surface area (Å²) in [6, 6.07) is 10.5. The van der Waals surface area contributed by atoms with E-state index in [0.717, 1.165) is 10.1 Å². The summed E-state index contributed by atoms with van der Waals surface area (Å²) >= 11 is 13.7. The van der Waals surface area contributed by atoms with Crippen LogP contribution in [0.15, 0.2) is 41.8 Å². The Balaban J connectivity index is 1.89. The second kappa shape index (κ2) is 6.81. The number of rotatable bonds is 4. The van der Waals surface area contributed by atoms with E-state index in [1.807, 2.05) is 24.3 Å². The third-order valence-corrected chi connectivity index (χ3v) is 5.08. The lowest BCUT2D eigenvalue weighted by Crippen LogP contribution is -2.12. The van der Waals surface area contributed by atoms with Gasteiger partial charge >= 0.3 is 5.97 Å². The number of fused-ring (bicyclic) bond motifs is 1. The van der Waals surface area contributed by atoms with Gasteiger partial charge in [-0.3, -0.25) is 9.59 Å². The first-order chi connectivity index (χ1) is 11.5. The molecule has 0 spiro atoms. The van der Waals surface area contributed by atoms with Crippen molar-refractivity contribution in [1.29, 1.82) is 0 Å². The number of anilines is 1. The van der Waals surface area contributed by atoms with Gasteiger partial charge in [0.1, 0.15) is 0 Å². The molecule has 3 aromatic rings. The van der Waals surface area contributed by atoms with Gasteiger partial charge in [-0.1, -0.05) is 41.4 Å². The fourth-order valence-corrected chi connectivity index (χ4v) is 3.73. The maximum Gasteiger partial charge on any atom is 0.307 e. The van der Waals surface area contributed by atoms with Gasteiger partial charge in [-0.25, -0.2) is 0 Å². The van der Waals surface area contributed by atoms with Crippen LogP contribution in [0.3, 0.4) is 0 Å². The second-order valence-corrected chi connectivity index (χ2v) is 6.82. The molecule has 122 valence electrons. The largest absolute Gasteiger partial charge is 0.481 e. The zero-order valence-electron chi connectivity index (χ0n) is 12.2. The van der Waals surface area contributed by atoms with Gasteiger partial charge in [-0.2, -0.15) is 0 Å². The van der Waals surface area contributed by atoms with Crippen molar-refractivity contribution in [2.24, 2.45) is 0 Å². The van der Waals surface area contributed by atoms with Gasteiger partial charge in [-0.05, 0) is 23.8 Å². The highest BCUT2D eigenvalue weighted by molar-refractivity contribution is 7.17. The number of halogens is 2. The standard InChI is InChI=1S/C17H11Cl2NO3S/c18-12-7-14(13(19)5-9(12)6-16(21)22)20-17(23)11-8-24-15-4-2-1-3-10(11)15/h1-5,7-8H,6H2,(H,20,23)(H,21,22). The van der Waals surface area contributed by atoms with Crippen LogP contribution in [0.2, 0.25) is 10.0 Å². The van der Waals surface area contributed by atoms with Crippen molar-refractivity contribution in [3.63, 3.8) is 0 Å². The highest BCUT2D eigenvalue weighted by Gasteiger charge is 2.16. The van der Waals surface area contributed by atoms with Crippen molar-refractivity contribution in [3.05, 3.63) is 63.0 Å². The first-order valence-electron chi connectivity index (χ1n) is 6.93. The fourth-order valence-electron chi connectivity index (χ4n) is 2.33. The molecule has 0 unspecified atom stereocenters. The molecule has 1 aromatic heterocycles. The van der Waals surface area contributed by atoms with Crippen LogP contribution < -0.4 is 5.32 Å². The van der Waals surface area contributed by atoms with Gasteiger partial charge in [0, 0.05) is 20.5 Å². The predicted molar refractivity (Wildman–Crippen MR) is 97.6 cm³/mol. The quantitative estimate of drug-likeness (QED) is 0.663. The van der Waals surface area contributed by atoms with E-state index in [2.05, 4.69) is 5.32 Å². The van der Waals surface area contributed by atoms with Crippen LogP contribution in [0.4, 0.5) is 5.69 Å². The van der Waals surface area contributed by atoms with E-state index in [4.69, 9.17) is 28.3 Å². The first kappa shape index (κ1) is 16.8. The van der Waals surface area contributed by atoms with Crippen LogP contribution in [-0.4, -0.2) is 17.0 Å². The SMILES string of the molecule is O=C(O)Cc1cc(Cl)c(NC(=O)c2csc3ccccc23)cc1Cl. The Hall–Kier alpha value is -2.08. The third-order valence-electron chi connectivity index (χ3n) is 3.45.